The van der Waals surface area contributed by atoms with Crippen LogP contribution in [0.15, 0.2) is 12.1 Å². The molecule has 2 rings (SSSR count). The maximum Gasteiger partial charge on any atom is 0.303 e. The van der Waals surface area contributed by atoms with E-state index < -0.39 is 5.97 Å². The van der Waals surface area contributed by atoms with Gasteiger partial charge in [0.2, 0.25) is 0 Å². The van der Waals surface area contributed by atoms with Crippen LogP contribution >= 0.6 is 23.2 Å². The summed E-state index contributed by atoms with van der Waals surface area (Å²) in [5.41, 5.74) is 2.11. The van der Waals surface area contributed by atoms with Crippen molar-refractivity contribution in [2.24, 2.45) is 0 Å². The number of fused-ring (bicyclic) bond motifs is 1. The summed E-state index contributed by atoms with van der Waals surface area (Å²) in [5, 5.41) is 10.1. The molecule has 92 valence electrons. The lowest BCUT2D eigenvalue weighted by atomic mass is 9.90. The van der Waals surface area contributed by atoms with Crippen LogP contribution < -0.4 is 0 Å². The topological polar surface area (TPSA) is 37.3 Å². The second-order valence-corrected chi connectivity index (χ2v) is 5.25. The van der Waals surface area contributed by atoms with E-state index in [0.717, 1.165) is 36.8 Å². The zero-order valence-electron chi connectivity index (χ0n) is 9.38. The van der Waals surface area contributed by atoms with Crippen molar-refractivity contribution in [3.8, 4) is 0 Å². The zero-order chi connectivity index (χ0) is 12.4. The second-order valence-electron chi connectivity index (χ2n) is 4.47. The minimum atomic E-state index is -0.756. The van der Waals surface area contributed by atoms with Crippen LogP contribution in [0.4, 0.5) is 0 Å². The molecule has 0 aliphatic heterocycles. The summed E-state index contributed by atoms with van der Waals surface area (Å²) in [5.74, 6) is -0.686. The van der Waals surface area contributed by atoms with E-state index >= 15 is 0 Å². The molecule has 0 bridgehead atoms. The van der Waals surface area contributed by atoms with Crippen LogP contribution in [0, 0.1) is 0 Å². The SMILES string of the molecule is O=C(O)CC1CCCCc2c1ccc(Cl)c2Cl. The van der Waals surface area contributed by atoms with Gasteiger partial charge in [-0.05, 0) is 42.4 Å². The number of hydrogen-bond donors (Lipinski definition) is 1. The molecule has 0 saturated carbocycles. The van der Waals surface area contributed by atoms with E-state index in [-0.39, 0.29) is 12.3 Å². The Hall–Kier alpha value is -0.730. The Labute approximate surface area is 111 Å². The van der Waals surface area contributed by atoms with Gasteiger partial charge < -0.3 is 5.11 Å². The summed E-state index contributed by atoms with van der Waals surface area (Å²) in [6.45, 7) is 0. The van der Waals surface area contributed by atoms with Crippen molar-refractivity contribution in [2.75, 3.05) is 0 Å². The van der Waals surface area contributed by atoms with E-state index in [1.165, 1.54) is 0 Å². The number of carboxylic acids is 1. The van der Waals surface area contributed by atoms with Gasteiger partial charge in [-0.3, -0.25) is 4.79 Å². The Balaban J connectivity index is 2.42. The first-order valence-electron chi connectivity index (χ1n) is 5.78. The smallest absolute Gasteiger partial charge is 0.303 e. The lowest BCUT2D eigenvalue weighted by molar-refractivity contribution is -0.137. The average molecular weight is 273 g/mol. The van der Waals surface area contributed by atoms with Crippen LogP contribution in [0.2, 0.25) is 10.0 Å². The van der Waals surface area contributed by atoms with Gasteiger partial charge in [-0.25, -0.2) is 0 Å². The molecule has 1 atom stereocenters. The predicted molar refractivity (Wildman–Crippen MR) is 69.0 cm³/mol. The van der Waals surface area contributed by atoms with E-state index in [1.807, 2.05) is 6.07 Å². The number of carboxylic acid groups (broad SMARTS) is 1. The first kappa shape index (κ1) is 12.7. The summed E-state index contributed by atoms with van der Waals surface area (Å²) in [6.07, 6.45) is 4.07. The number of aliphatic carboxylic acids is 1. The van der Waals surface area contributed by atoms with Crippen LogP contribution in [0.1, 0.15) is 42.7 Å². The van der Waals surface area contributed by atoms with Gasteiger partial charge >= 0.3 is 5.97 Å². The Bertz CT molecular complexity index is 443. The normalized spacial score (nSPS) is 19.5. The molecule has 0 saturated heterocycles. The Morgan fingerprint density at radius 3 is 2.82 bits per heavy atom. The quantitative estimate of drug-likeness (QED) is 0.816. The minimum Gasteiger partial charge on any atom is -0.481 e. The molecule has 1 aromatic rings. The number of carbonyl (C=O) groups is 1. The van der Waals surface area contributed by atoms with E-state index in [9.17, 15) is 4.79 Å². The molecule has 4 heteroatoms. The van der Waals surface area contributed by atoms with Gasteiger partial charge in [-0.1, -0.05) is 35.7 Å². The lowest BCUT2D eigenvalue weighted by Gasteiger charge is -2.17. The molecular formula is C13H14Cl2O2. The molecule has 1 unspecified atom stereocenters. The maximum atomic E-state index is 10.9. The zero-order valence-corrected chi connectivity index (χ0v) is 10.9. The van der Waals surface area contributed by atoms with Crippen molar-refractivity contribution in [3.63, 3.8) is 0 Å². The van der Waals surface area contributed by atoms with E-state index in [4.69, 9.17) is 28.3 Å². The molecule has 0 fully saturated rings. The monoisotopic (exact) mass is 272 g/mol. The molecule has 17 heavy (non-hydrogen) atoms. The molecular weight excluding hydrogens is 259 g/mol. The first-order chi connectivity index (χ1) is 8.09. The maximum absolute atomic E-state index is 10.9. The van der Waals surface area contributed by atoms with Crippen molar-refractivity contribution in [1.82, 2.24) is 0 Å². The molecule has 1 N–H and O–H groups in total. The summed E-state index contributed by atoms with van der Waals surface area (Å²) >= 11 is 12.2. The third-order valence-corrected chi connectivity index (χ3v) is 4.17. The molecule has 0 heterocycles. The highest BCUT2D eigenvalue weighted by Crippen LogP contribution is 2.38. The third kappa shape index (κ3) is 2.75. The van der Waals surface area contributed by atoms with Crippen LogP contribution in [-0.2, 0) is 11.2 Å². The highest BCUT2D eigenvalue weighted by molar-refractivity contribution is 6.42. The van der Waals surface area contributed by atoms with Gasteiger partial charge in [0.05, 0.1) is 16.5 Å². The van der Waals surface area contributed by atoms with Crippen molar-refractivity contribution in [2.45, 2.75) is 38.0 Å². The molecule has 1 aromatic carbocycles. The van der Waals surface area contributed by atoms with Crippen molar-refractivity contribution in [1.29, 1.82) is 0 Å². The van der Waals surface area contributed by atoms with Gasteiger partial charge in [-0.15, -0.1) is 0 Å². The van der Waals surface area contributed by atoms with Gasteiger partial charge in [0, 0.05) is 0 Å². The van der Waals surface area contributed by atoms with Crippen LogP contribution in [0.25, 0.3) is 0 Å². The Morgan fingerprint density at radius 2 is 2.12 bits per heavy atom. The largest absolute Gasteiger partial charge is 0.481 e. The van der Waals surface area contributed by atoms with Crippen LogP contribution in [0.5, 0.6) is 0 Å². The molecule has 0 radical (unpaired) electrons. The third-order valence-electron chi connectivity index (χ3n) is 3.32. The predicted octanol–water partition coefficient (Wildman–Crippen LogP) is 4.28. The Morgan fingerprint density at radius 1 is 1.35 bits per heavy atom. The molecule has 1 aliphatic carbocycles. The number of hydrogen-bond acceptors (Lipinski definition) is 1. The van der Waals surface area contributed by atoms with Crippen molar-refractivity contribution in [3.05, 3.63) is 33.3 Å². The number of rotatable bonds is 2. The van der Waals surface area contributed by atoms with Gasteiger partial charge in [-0.2, -0.15) is 0 Å². The van der Waals surface area contributed by atoms with Crippen LogP contribution in [0.3, 0.4) is 0 Å². The van der Waals surface area contributed by atoms with Gasteiger partial charge in [0.25, 0.3) is 0 Å². The lowest BCUT2D eigenvalue weighted by Crippen LogP contribution is -2.07. The van der Waals surface area contributed by atoms with Crippen molar-refractivity contribution < 1.29 is 9.90 Å². The minimum absolute atomic E-state index is 0.0692. The molecule has 0 spiro atoms. The molecule has 0 amide bonds. The summed E-state index contributed by atoms with van der Waals surface area (Å²) in [7, 11) is 0. The van der Waals surface area contributed by atoms with E-state index in [0.29, 0.717) is 10.0 Å². The van der Waals surface area contributed by atoms with E-state index in [2.05, 4.69) is 0 Å². The fourth-order valence-electron chi connectivity index (χ4n) is 2.51. The summed E-state index contributed by atoms with van der Waals surface area (Å²) < 4.78 is 0. The fourth-order valence-corrected chi connectivity index (χ4v) is 2.96. The standard InChI is InChI=1S/C13H14Cl2O2/c14-11-6-5-9-8(7-12(16)17)3-1-2-4-10(9)13(11)15/h5-6,8H,1-4,7H2,(H,16,17). The number of halogens is 2. The highest BCUT2D eigenvalue weighted by Gasteiger charge is 2.23. The number of benzene rings is 1. The summed E-state index contributed by atoms with van der Waals surface area (Å²) in [6, 6.07) is 3.70. The molecule has 1 aliphatic rings. The van der Waals surface area contributed by atoms with Gasteiger partial charge in [0.1, 0.15) is 0 Å². The summed E-state index contributed by atoms with van der Waals surface area (Å²) in [4.78, 5) is 10.9. The Kier molecular flexibility index (Phi) is 3.95. The van der Waals surface area contributed by atoms with Crippen LogP contribution in [-0.4, -0.2) is 11.1 Å². The van der Waals surface area contributed by atoms with Gasteiger partial charge in [0.15, 0.2) is 0 Å². The fraction of sp³-hybridized carbons (Fsp3) is 0.462. The second kappa shape index (κ2) is 5.28. The van der Waals surface area contributed by atoms with Crippen molar-refractivity contribution >= 4 is 29.2 Å². The average Bonchev–Trinajstić information content (AvgIpc) is 2.46. The molecule has 0 aromatic heterocycles. The first-order valence-corrected chi connectivity index (χ1v) is 6.53. The molecule has 2 nitrogen and oxygen atoms in total. The van der Waals surface area contributed by atoms with E-state index in [1.54, 1.807) is 6.07 Å². The highest BCUT2D eigenvalue weighted by atomic mass is 35.5.